The second-order valence-electron chi connectivity index (χ2n) is 27.2. The van der Waals surface area contributed by atoms with E-state index in [1.165, 1.54) is 74.2 Å². The van der Waals surface area contributed by atoms with Gasteiger partial charge in [0.25, 0.3) is 58.8 Å². The normalized spacial score (nSPS) is 15.6. The first-order chi connectivity index (χ1) is 56.3. The molecule has 650 valence electrons. The van der Waals surface area contributed by atoms with Gasteiger partial charge in [0.15, 0.2) is 10.9 Å². The summed E-state index contributed by atoms with van der Waals surface area (Å²) in [5, 5.41) is 27.3. The molecule has 118 heavy (non-hydrogen) atoms. The summed E-state index contributed by atoms with van der Waals surface area (Å²) in [5.41, 5.74) is 4.54. The van der Waals surface area contributed by atoms with E-state index in [1.54, 1.807) is 73.7 Å². The van der Waals surface area contributed by atoms with Crippen LogP contribution in [0.25, 0.3) is 66.8 Å². The summed E-state index contributed by atoms with van der Waals surface area (Å²) in [7, 11) is -26.7. The molecule has 8 unspecified atom stereocenters. The zero-order valence-corrected chi connectivity index (χ0v) is 72.0. The minimum Gasteiger partial charge on any atom is -0.756 e. The predicted octanol–water partition coefficient (Wildman–Crippen LogP) is 12.9. The van der Waals surface area contributed by atoms with Crippen LogP contribution in [0.15, 0.2) is 140 Å². The lowest BCUT2D eigenvalue weighted by molar-refractivity contribution is -0.235. The van der Waals surface area contributed by atoms with E-state index in [1.807, 2.05) is 27.7 Å². The van der Waals surface area contributed by atoms with Gasteiger partial charge >= 0.3 is 0 Å². The number of benzene rings is 6. The number of hydrogen-bond donors (Lipinski definition) is 4. The first kappa shape index (κ1) is 97.6. The van der Waals surface area contributed by atoms with E-state index in [2.05, 4.69) is 35.7 Å². The summed E-state index contributed by atoms with van der Waals surface area (Å²) in [6.45, 7) is -3.45. The van der Waals surface area contributed by atoms with E-state index in [0.29, 0.717) is 98.9 Å². The molecule has 4 N–H and O–H groups in total. The van der Waals surface area contributed by atoms with E-state index in [0.717, 1.165) is 30.8 Å². The molecule has 8 atom stereocenters. The van der Waals surface area contributed by atoms with Crippen LogP contribution < -0.4 is 50.9 Å². The molecule has 4 aliphatic rings. The highest BCUT2D eigenvalue weighted by molar-refractivity contribution is 8.76. The molecule has 0 aromatic heterocycles. The van der Waals surface area contributed by atoms with Crippen molar-refractivity contribution >= 4 is 102 Å². The monoisotopic (exact) mass is 1800 g/mol. The number of fused-ring (bicyclic) bond motifs is 4. The quantitative estimate of drug-likeness (QED) is 0.0119. The maximum atomic E-state index is 13.6. The summed E-state index contributed by atoms with van der Waals surface area (Å²) in [4.78, 5) is 127. The largest absolute Gasteiger partial charge is 0.756 e. The maximum Gasteiger partial charge on any atom is 0.267 e. The van der Waals surface area contributed by atoms with Gasteiger partial charge in [-0.1, -0.05) is 105 Å². The number of amides is 2. The van der Waals surface area contributed by atoms with Crippen molar-refractivity contribution < 1.29 is 140 Å². The standard InChI is InChI=1S/C76H102N2O32P6S2/c1-3-4-5-13-44-117-118-45-14-7-6-12-35-97-111(85,86)102-42-43-105-116(95,96)108-54-56(20-9-11-34-78-76(84)60-24-16-22-58(47-60)74-67-31-27-63(81)50-71(67)110-72-51-64(82)28-32-68(72)74)53-107-115(93,94)101-39-18-37-99-113(89,90)104-41-40-103-112(87,88)98-36-17-38-100-114(91,92)106-52-55(2)19-8-10-33-77-75(83)59-23-15-21-57(46-59)73-65-29-25-61(79)48-69(65)109-70-49-62(80)26-30-66(70)73/h15-16,21-32,46-51,55-56,79,81H,3-14,17-20,33-45,52-54H2,1-2H3,(H,77,83)(H,78,84)(H,85,86)(H,87,88)(H,89,90)(H,91,92)(H,93,94)(H,95,96)/p-6. The van der Waals surface area contributed by atoms with Crippen LogP contribution in [0, 0.1) is 11.8 Å². The fourth-order valence-corrected chi connectivity index (χ4v) is 18.7. The molecule has 42 heteroatoms. The van der Waals surface area contributed by atoms with Crippen molar-refractivity contribution in [2.45, 2.75) is 117 Å². The first-order valence-corrected chi connectivity index (χ1v) is 49.5. The molecule has 0 radical (unpaired) electrons. The van der Waals surface area contributed by atoms with Gasteiger partial charge in [-0.2, -0.15) is 0 Å². The minimum atomic E-state index is -5.23. The van der Waals surface area contributed by atoms with Gasteiger partial charge in [0.1, 0.15) is 34.2 Å². The van der Waals surface area contributed by atoms with Crippen LogP contribution in [-0.2, 0) is 81.7 Å². The zero-order valence-electron chi connectivity index (χ0n) is 65.0. The van der Waals surface area contributed by atoms with Gasteiger partial charge in [-0.3, -0.25) is 46.6 Å². The van der Waals surface area contributed by atoms with Crippen LogP contribution in [0.3, 0.4) is 0 Å². The summed E-state index contributed by atoms with van der Waals surface area (Å²) in [5.74, 6) is 0.474. The lowest BCUT2D eigenvalue weighted by Crippen LogP contribution is -2.25. The molecule has 34 nitrogen and oxygen atoms in total. The smallest absolute Gasteiger partial charge is 0.267 e. The second kappa shape index (κ2) is 48.9. The van der Waals surface area contributed by atoms with Crippen molar-refractivity contribution in [2.24, 2.45) is 11.8 Å². The number of phenols is 2. The molecule has 2 heterocycles. The van der Waals surface area contributed by atoms with Crippen molar-refractivity contribution in [2.75, 3.05) is 104 Å². The minimum absolute atomic E-state index is 0.0213. The molecule has 2 aliphatic heterocycles. The van der Waals surface area contributed by atoms with Gasteiger partial charge in [-0.15, -0.1) is 0 Å². The Kier molecular flexibility index (Phi) is 40.4. The Bertz CT molecular complexity index is 4900. The van der Waals surface area contributed by atoms with E-state index < -0.39 is 131 Å². The first-order valence-electron chi connectivity index (χ1n) is 38.3. The maximum absolute atomic E-state index is 13.6. The topological polar surface area (TPSA) is 511 Å². The number of rotatable bonds is 59. The van der Waals surface area contributed by atoms with Crippen LogP contribution in [0.1, 0.15) is 137 Å². The van der Waals surface area contributed by atoms with Gasteiger partial charge in [0.05, 0.1) is 79.3 Å². The van der Waals surface area contributed by atoms with E-state index in [-0.39, 0.29) is 90.9 Å². The van der Waals surface area contributed by atoms with E-state index in [4.69, 9.17) is 45.0 Å². The van der Waals surface area contributed by atoms with Crippen molar-refractivity contribution in [3.8, 4) is 56.4 Å². The molecule has 8 rings (SSSR count). The fraction of sp³-hybridized carbons (Fsp3) is 0.474. The Morgan fingerprint density at radius 2 is 0.780 bits per heavy atom. The lowest BCUT2D eigenvalue weighted by atomic mass is 9.92. The molecular weight excluding hydrogens is 1700 g/mol. The predicted molar refractivity (Wildman–Crippen MR) is 431 cm³/mol. The molecule has 2 aliphatic carbocycles. The second-order valence-corrected chi connectivity index (χ2v) is 38.3. The van der Waals surface area contributed by atoms with Crippen LogP contribution in [0.4, 0.5) is 0 Å². The Morgan fingerprint density at radius 1 is 0.407 bits per heavy atom. The Hall–Kier alpha value is -5.84. The van der Waals surface area contributed by atoms with Gasteiger partial charge in [0, 0.05) is 98.9 Å². The van der Waals surface area contributed by atoms with Crippen molar-refractivity contribution in [3.05, 3.63) is 153 Å². The van der Waals surface area contributed by atoms with Gasteiger partial charge in [-0.25, -0.2) is 0 Å². The summed E-state index contributed by atoms with van der Waals surface area (Å²) >= 11 is 0. The third-order valence-electron chi connectivity index (χ3n) is 17.6. The third kappa shape index (κ3) is 34.8. The summed E-state index contributed by atoms with van der Waals surface area (Å²) in [6, 6.07) is 31.5. The number of unbranched alkanes of at least 4 members (excludes halogenated alkanes) is 8. The molecule has 0 fully saturated rings. The van der Waals surface area contributed by atoms with Crippen LogP contribution in [0.2, 0.25) is 0 Å². The zero-order chi connectivity index (χ0) is 85.2. The molecule has 0 bridgehead atoms. The van der Waals surface area contributed by atoms with E-state index >= 15 is 0 Å². The number of hydrogen-bond acceptors (Lipinski definition) is 34. The number of phosphoric acid groups is 6. The van der Waals surface area contributed by atoms with Gasteiger partial charge < -0.3 is 113 Å². The van der Waals surface area contributed by atoms with Gasteiger partial charge in [-0.05, 0) is 148 Å². The van der Waals surface area contributed by atoms with Crippen molar-refractivity contribution in [1.82, 2.24) is 10.6 Å². The molecular formula is C76H96N2O32P6S2-6. The van der Waals surface area contributed by atoms with Crippen LogP contribution >= 0.6 is 68.5 Å². The molecule has 0 saturated heterocycles. The fourth-order valence-electron chi connectivity index (χ4n) is 11.8. The molecule has 4 aromatic carbocycles. The molecule has 4 aromatic rings. The molecule has 2 amide bonds. The Labute approximate surface area is 690 Å². The highest BCUT2D eigenvalue weighted by atomic mass is 33.1. The van der Waals surface area contributed by atoms with Crippen molar-refractivity contribution in [3.63, 3.8) is 0 Å². The lowest BCUT2D eigenvalue weighted by Gasteiger charge is -2.28. The average Bonchev–Trinajstić information content (AvgIpc) is 0.760. The van der Waals surface area contributed by atoms with Gasteiger partial charge in [0.2, 0.25) is 0 Å². The van der Waals surface area contributed by atoms with Crippen LogP contribution in [0.5, 0.6) is 11.5 Å². The van der Waals surface area contributed by atoms with E-state index in [9.17, 15) is 86.1 Å². The number of aromatic hydroxyl groups is 2. The number of phosphoric ester groups is 6. The Morgan fingerprint density at radius 3 is 1.20 bits per heavy atom. The Balaban J connectivity index is 0.692. The van der Waals surface area contributed by atoms with Crippen LogP contribution in [-0.4, -0.2) is 126 Å². The summed E-state index contributed by atoms with van der Waals surface area (Å²) < 4.78 is 145. The molecule has 0 saturated carbocycles. The highest BCUT2D eigenvalue weighted by Gasteiger charge is 2.25. The highest BCUT2D eigenvalue weighted by Crippen LogP contribution is 2.47. The number of phenolic OH excluding ortho intramolecular Hbond substituents is 2. The number of nitrogens with one attached hydrogen (secondary N) is 2. The number of carbonyl (C=O) groups is 2. The van der Waals surface area contributed by atoms with Crippen molar-refractivity contribution in [1.29, 1.82) is 0 Å². The average molecular weight is 1800 g/mol. The summed E-state index contributed by atoms with van der Waals surface area (Å²) in [6.07, 6.45) is 9.35. The molecule has 0 spiro atoms. The SMILES string of the molecule is CCCCCCSSCCCCCCOP(=O)([O-])OCCOP(=O)([O-])OCC(CCCCNC(=O)c1cccc(-c2c3ccc(=O)cc-3oc3cc(O)ccc23)c1)COP(=O)([O-])OCCCOP(=O)([O-])OCCOP(=O)([O-])OCCCOP(=O)([O-])OCC(C)CCCCNC(=O)c1cccc(-c2c3ccc(=O)cc-3oc3cc(O)ccc23)c1. The third-order valence-corrected chi connectivity index (χ3v) is 26.1. The number of carbonyl (C=O) groups excluding carboxylic acids is 2.